The van der Waals surface area contributed by atoms with Crippen molar-refractivity contribution in [3.05, 3.63) is 41.4 Å². The Morgan fingerprint density at radius 3 is 2.58 bits per heavy atom. The number of hydrogen-bond acceptors (Lipinski definition) is 4. The number of benzene rings is 1. The number of nitrogens with one attached hydrogen (secondary N) is 1. The van der Waals surface area contributed by atoms with E-state index in [2.05, 4.69) is 10.3 Å². The van der Waals surface area contributed by atoms with Crippen molar-refractivity contribution in [2.45, 2.75) is 25.7 Å². The molecule has 0 bridgehead atoms. The molecule has 1 aromatic heterocycles. The minimum absolute atomic E-state index is 0.212. The van der Waals surface area contributed by atoms with Crippen LogP contribution >= 0.6 is 11.6 Å². The van der Waals surface area contributed by atoms with Gasteiger partial charge in [-0.25, -0.2) is 4.98 Å². The Morgan fingerprint density at radius 2 is 1.88 bits per heavy atom. The van der Waals surface area contributed by atoms with Crippen molar-refractivity contribution >= 4 is 17.5 Å². The number of carbonyl (C=O) groups excluding carboxylic acids is 1. The summed E-state index contributed by atoms with van der Waals surface area (Å²) in [5, 5.41) is 4.16. The Labute approximate surface area is 158 Å². The summed E-state index contributed by atoms with van der Waals surface area (Å²) in [6.45, 7) is 3.97. The van der Waals surface area contributed by atoms with Gasteiger partial charge in [-0.05, 0) is 62.0 Å². The second-order valence-corrected chi connectivity index (χ2v) is 7.70. The summed E-state index contributed by atoms with van der Waals surface area (Å²) >= 11 is 5.91. The van der Waals surface area contributed by atoms with Crippen molar-refractivity contribution in [3.63, 3.8) is 0 Å². The minimum atomic E-state index is 0.212. The number of aromatic nitrogens is 1. The molecule has 2 atom stereocenters. The quantitative estimate of drug-likeness (QED) is 0.892. The van der Waals surface area contributed by atoms with Crippen molar-refractivity contribution < 1.29 is 9.21 Å². The maximum atomic E-state index is 12.6. The Balaban J connectivity index is 1.31. The highest BCUT2D eigenvalue weighted by atomic mass is 35.5. The SMILES string of the molecule is O=C(CCc1ncc(-c2ccc(Cl)cc2)o1)N1CC[C@@H]2CNC[C@@H]2CC1. The molecule has 26 heavy (non-hydrogen) atoms. The molecule has 0 saturated carbocycles. The van der Waals surface area contributed by atoms with Gasteiger partial charge in [0.25, 0.3) is 0 Å². The van der Waals surface area contributed by atoms with Gasteiger partial charge in [0.2, 0.25) is 5.91 Å². The molecule has 0 aliphatic carbocycles. The molecule has 2 aliphatic heterocycles. The van der Waals surface area contributed by atoms with Gasteiger partial charge in [0.1, 0.15) is 0 Å². The molecular weight excluding hydrogens is 350 g/mol. The summed E-state index contributed by atoms with van der Waals surface area (Å²) in [6.07, 6.45) is 4.93. The molecule has 2 fully saturated rings. The molecule has 4 rings (SSSR count). The third kappa shape index (κ3) is 3.94. The molecule has 2 saturated heterocycles. The zero-order chi connectivity index (χ0) is 17.9. The first-order chi connectivity index (χ1) is 12.7. The van der Waals surface area contributed by atoms with Gasteiger partial charge in [0, 0.05) is 36.5 Å². The summed E-state index contributed by atoms with van der Waals surface area (Å²) < 4.78 is 5.80. The third-order valence-corrected chi connectivity index (χ3v) is 5.86. The zero-order valence-electron chi connectivity index (χ0n) is 14.8. The van der Waals surface area contributed by atoms with Crippen LogP contribution < -0.4 is 5.32 Å². The number of amides is 1. The van der Waals surface area contributed by atoms with Gasteiger partial charge < -0.3 is 14.6 Å². The molecule has 2 aromatic rings. The Bertz CT molecular complexity index is 745. The van der Waals surface area contributed by atoms with Gasteiger partial charge in [-0.3, -0.25) is 4.79 Å². The molecular formula is C20H24ClN3O2. The molecule has 0 spiro atoms. The lowest BCUT2D eigenvalue weighted by Crippen LogP contribution is -2.32. The van der Waals surface area contributed by atoms with Crippen LogP contribution in [0.5, 0.6) is 0 Å². The fourth-order valence-electron chi connectivity index (χ4n) is 4.01. The highest BCUT2D eigenvalue weighted by Gasteiger charge is 2.31. The topological polar surface area (TPSA) is 58.4 Å². The van der Waals surface area contributed by atoms with E-state index in [9.17, 15) is 4.79 Å². The van der Waals surface area contributed by atoms with Crippen molar-refractivity contribution in [2.75, 3.05) is 26.2 Å². The van der Waals surface area contributed by atoms with E-state index in [0.717, 1.165) is 56.4 Å². The van der Waals surface area contributed by atoms with Gasteiger partial charge >= 0.3 is 0 Å². The van der Waals surface area contributed by atoms with E-state index in [0.29, 0.717) is 29.5 Å². The number of nitrogens with zero attached hydrogens (tertiary/aromatic N) is 2. The number of carbonyl (C=O) groups is 1. The van der Waals surface area contributed by atoms with E-state index in [4.69, 9.17) is 16.0 Å². The molecule has 1 N–H and O–H groups in total. The van der Waals surface area contributed by atoms with Crippen molar-refractivity contribution in [2.24, 2.45) is 11.8 Å². The highest BCUT2D eigenvalue weighted by Crippen LogP contribution is 2.27. The molecule has 6 heteroatoms. The molecule has 3 heterocycles. The minimum Gasteiger partial charge on any atom is -0.441 e. The predicted molar refractivity (Wildman–Crippen MR) is 101 cm³/mol. The first kappa shape index (κ1) is 17.6. The summed E-state index contributed by atoms with van der Waals surface area (Å²) in [5.74, 6) is 3.01. The summed E-state index contributed by atoms with van der Waals surface area (Å²) in [6, 6.07) is 7.46. The van der Waals surface area contributed by atoms with Gasteiger partial charge in [0.15, 0.2) is 11.7 Å². The molecule has 2 aliphatic rings. The fourth-order valence-corrected chi connectivity index (χ4v) is 4.14. The molecule has 0 radical (unpaired) electrons. The van der Waals surface area contributed by atoms with Crippen LogP contribution in [0.4, 0.5) is 0 Å². The van der Waals surface area contributed by atoms with E-state index in [1.54, 1.807) is 6.20 Å². The lowest BCUT2D eigenvalue weighted by molar-refractivity contribution is -0.131. The van der Waals surface area contributed by atoms with E-state index < -0.39 is 0 Å². The lowest BCUT2D eigenvalue weighted by Gasteiger charge is -2.20. The Morgan fingerprint density at radius 1 is 1.19 bits per heavy atom. The van der Waals surface area contributed by atoms with Gasteiger partial charge in [-0.15, -0.1) is 0 Å². The van der Waals surface area contributed by atoms with Crippen LogP contribution in [-0.2, 0) is 11.2 Å². The zero-order valence-corrected chi connectivity index (χ0v) is 15.5. The summed E-state index contributed by atoms with van der Waals surface area (Å²) in [4.78, 5) is 18.9. The third-order valence-electron chi connectivity index (χ3n) is 5.61. The maximum absolute atomic E-state index is 12.6. The summed E-state index contributed by atoms with van der Waals surface area (Å²) in [7, 11) is 0. The number of hydrogen-bond donors (Lipinski definition) is 1. The average Bonchev–Trinajstić information content (AvgIpc) is 3.26. The fraction of sp³-hybridized carbons (Fsp3) is 0.500. The maximum Gasteiger partial charge on any atom is 0.223 e. The van der Waals surface area contributed by atoms with Crippen LogP contribution in [0.3, 0.4) is 0 Å². The summed E-state index contributed by atoms with van der Waals surface area (Å²) in [5.41, 5.74) is 0.937. The Hall–Kier alpha value is -1.85. The number of oxazole rings is 1. The van der Waals surface area contributed by atoms with Crippen molar-refractivity contribution in [3.8, 4) is 11.3 Å². The van der Waals surface area contributed by atoms with E-state index in [-0.39, 0.29) is 5.91 Å². The van der Waals surface area contributed by atoms with E-state index in [1.165, 1.54) is 0 Å². The monoisotopic (exact) mass is 373 g/mol. The normalized spacial score (nSPS) is 22.9. The van der Waals surface area contributed by atoms with Crippen LogP contribution in [0, 0.1) is 11.8 Å². The van der Waals surface area contributed by atoms with Gasteiger partial charge in [-0.1, -0.05) is 11.6 Å². The second kappa shape index (κ2) is 7.80. The standard InChI is InChI=1S/C20H24ClN3O2/c21-17-3-1-14(2-4-17)18-13-23-19(26-18)5-6-20(25)24-9-7-15-11-22-12-16(15)8-10-24/h1-4,13,15-16,22H,5-12H2/t15-,16+. The van der Waals surface area contributed by atoms with Gasteiger partial charge in [-0.2, -0.15) is 0 Å². The largest absolute Gasteiger partial charge is 0.441 e. The van der Waals surface area contributed by atoms with E-state index in [1.807, 2.05) is 29.2 Å². The Kier molecular flexibility index (Phi) is 5.27. The molecule has 1 aromatic carbocycles. The molecule has 0 unspecified atom stereocenters. The van der Waals surface area contributed by atoms with Crippen LogP contribution in [-0.4, -0.2) is 42.0 Å². The molecule has 138 valence electrons. The number of likely N-dealkylation sites (tertiary alicyclic amines) is 1. The van der Waals surface area contributed by atoms with Crippen LogP contribution in [0.2, 0.25) is 5.02 Å². The lowest BCUT2D eigenvalue weighted by atomic mass is 9.92. The van der Waals surface area contributed by atoms with E-state index >= 15 is 0 Å². The van der Waals surface area contributed by atoms with Crippen LogP contribution in [0.1, 0.15) is 25.2 Å². The average molecular weight is 374 g/mol. The first-order valence-electron chi connectivity index (χ1n) is 9.38. The number of halogens is 1. The van der Waals surface area contributed by atoms with Crippen LogP contribution in [0.25, 0.3) is 11.3 Å². The second-order valence-electron chi connectivity index (χ2n) is 7.26. The molecule has 1 amide bonds. The number of fused-ring (bicyclic) bond motifs is 1. The highest BCUT2D eigenvalue weighted by molar-refractivity contribution is 6.30. The number of rotatable bonds is 4. The van der Waals surface area contributed by atoms with Crippen molar-refractivity contribution in [1.82, 2.24) is 15.2 Å². The van der Waals surface area contributed by atoms with Crippen LogP contribution in [0.15, 0.2) is 34.9 Å². The first-order valence-corrected chi connectivity index (χ1v) is 9.76. The van der Waals surface area contributed by atoms with Crippen molar-refractivity contribution in [1.29, 1.82) is 0 Å². The number of aryl methyl sites for hydroxylation is 1. The predicted octanol–water partition coefficient (Wildman–Crippen LogP) is 3.39. The van der Waals surface area contributed by atoms with Gasteiger partial charge in [0.05, 0.1) is 6.20 Å². The smallest absolute Gasteiger partial charge is 0.223 e. The molecule has 5 nitrogen and oxygen atoms in total.